The summed E-state index contributed by atoms with van der Waals surface area (Å²) in [5.41, 5.74) is 5.46. The first-order valence-electron chi connectivity index (χ1n) is 7.59. The number of amides is 1. The lowest BCUT2D eigenvalue weighted by Crippen LogP contribution is -2.39. The van der Waals surface area contributed by atoms with E-state index < -0.39 is 0 Å². The summed E-state index contributed by atoms with van der Waals surface area (Å²) in [6.07, 6.45) is 5.67. The molecule has 3 rings (SSSR count). The van der Waals surface area contributed by atoms with E-state index in [1.54, 1.807) is 0 Å². The first-order valence-corrected chi connectivity index (χ1v) is 7.59. The highest BCUT2D eigenvalue weighted by Crippen LogP contribution is 2.39. The average molecular weight is 315 g/mol. The summed E-state index contributed by atoms with van der Waals surface area (Å²) in [5, 5.41) is 4.11. The minimum absolute atomic E-state index is 0. The first kappa shape index (κ1) is 16.2. The van der Waals surface area contributed by atoms with E-state index in [0.29, 0.717) is 25.4 Å². The zero-order valence-electron chi connectivity index (χ0n) is 12.2. The number of halogens is 1. The standard InChI is InChI=1S/C14H22N4O2.ClH/c15-7-1-4-12(19)18-8-2-3-11(9-18)13-16-14(20-17-13)10-5-6-10;/h10-11H,1-9,15H2;1H. The van der Waals surface area contributed by atoms with E-state index in [4.69, 9.17) is 10.3 Å². The Morgan fingerprint density at radius 3 is 2.86 bits per heavy atom. The number of aromatic nitrogens is 2. The third kappa shape index (κ3) is 3.95. The molecule has 2 aliphatic rings. The lowest BCUT2D eigenvalue weighted by molar-refractivity contribution is -0.132. The van der Waals surface area contributed by atoms with Gasteiger partial charge in [-0.1, -0.05) is 5.16 Å². The fourth-order valence-electron chi connectivity index (χ4n) is 2.74. The van der Waals surface area contributed by atoms with Crippen LogP contribution in [0.1, 0.15) is 62.1 Å². The second-order valence-electron chi connectivity index (χ2n) is 5.84. The van der Waals surface area contributed by atoms with Gasteiger partial charge in [0.05, 0.1) is 0 Å². The third-order valence-electron chi connectivity index (χ3n) is 4.12. The largest absolute Gasteiger partial charge is 0.342 e. The Morgan fingerprint density at radius 1 is 1.33 bits per heavy atom. The number of rotatable bonds is 5. The summed E-state index contributed by atoms with van der Waals surface area (Å²) in [6.45, 7) is 2.12. The number of nitrogens with two attached hydrogens (primary N) is 1. The quantitative estimate of drug-likeness (QED) is 0.896. The van der Waals surface area contributed by atoms with Crippen molar-refractivity contribution in [3.63, 3.8) is 0 Å². The van der Waals surface area contributed by atoms with Crippen LogP contribution >= 0.6 is 12.4 Å². The number of hydrogen-bond acceptors (Lipinski definition) is 5. The van der Waals surface area contributed by atoms with Crippen LogP contribution in [0.5, 0.6) is 0 Å². The van der Waals surface area contributed by atoms with Crippen LogP contribution < -0.4 is 5.73 Å². The predicted octanol–water partition coefficient (Wildman–Crippen LogP) is 1.81. The molecule has 2 fully saturated rings. The van der Waals surface area contributed by atoms with Crippen LogP contribution in [0.25, 0.3) is 0 Å². The molecular formula is C14H23ClN4O2. The smallest absolute Gasteiger partial charge is 0.229 e. The molecule has 0 spiro atoms. The van der Waals surface area contributed by atoms with Crippen LogP contribution in [0.15, 0.2) is 4.52 Å². The van der Waals surface area contributed by atoms with Gasteiger partial charge in [-0.15, -0.1) is 12.4 Å². The number of nitrogens with zero attached hydrogens (tertiary/aromatic N) is 3. The molecule has 1 unspecified atom stereocenters. The number of carbonyl (C=O) groups excluding carboxylic acids is 1. The van der Waals surface area contributed by atoms with Gasteiger partial charge in [-0.25, -0.2) is 0 Å². The maximum Gasteiger partial charge on any atom is 0.229 e. The van der Waals surface area contributed by atoms with Crippen molar-refractivity contribution in [1.29, 1.82) is 0 Å². The topological polar surface area (TPSA) is 85.3 Å². The van der Waals surface area contributed by atoms with Crippen LogP contribution in [0, 0.1) is 0 Å². The second kappa shape index (κ2) is 7.22. The summed E-state index contributed by atoms with van der Waals surface area (Å²) in [4.78, 5) is 18.5. The molecule has 1 amide bonds. The molecule has 1 saturated carbocycles. The lowest BCUT2D eigenvalue weighted by Gasteiger charge is -2.31. The molecule has 1 aliphatic heterocycles. The van der Waals surface area contributed by atoms with Gasteiger partial charge in [-0.2, -0.15) is 4.98 Å². The molecule has 0 aromatic carbocycles. The lowest BCUT2D eigenvalue weighted by atomic mass is 9.97. The van der Waals surface area contributed by atoms with Crippen LogP contribution in [-0.4, -0.2) is 40.6 Å². The molecule has 1 aromatic heterocycles. The number of piperidine rings is 1. The maximum absolute atomic E-state index is 12.1. The van der Waals surface area contributed by atoms with Gasteiger partial charge >= 0.3 is 0 Å². The first-order chi connectivity index (χ1) is 9.78. The molecule has 6 nitrogen and oxygen atoms in total. The van der Waals surface area contributed by atoms with Crippen molar-refractivity contribution < 1.29 is 9.32 Å². The van der Waals surface area contributed by atoms with Gasteiger partial charge in [0.25, 0.3) is 0 Å². The summed E-state index contributed by atoms with van der Waals surface area (Å²) < 4.78 is 5.32. The van der Waals surface area contributed by atoms with E-state index in [1.807, 2.05) is 4.90 Å². The highest BCUT2D eigenvalue weighted by atomic mass is 35.5. The second-order valence-corrected chi connectivity index (χ2v) is 5.84. The molecule has 1 aromatic rings. The average Bonchev–Trinajstić information content (AvgIpc) is 3.22. The van der Waals surface area contributed by atoms with Gasteiger partial charge in [0, 0.05) is 31.3 Å². The van der Waals surface area contributed by atoms with Gasteiger partial charge in [0.15, 0.2) is 5.82 Å². The van der Waals surface area contributed by atoms with E-state index in [0.717, 1.165) is 50.4 Å². The fraction of sp³-hybridized carbons (Fsp3) is 0.786. The Bertz CT molecular complexity index is 475. The predicted molar refractivity (Wildman–Crippen MR) is 80.4 cm³/mol. The summed E-state index contributed by atoms with van der Waals surface area (Å²) >= 11 is 0. The third-order valence-corrected chi connectivity index (χ3v) is 4.12. The van der Waals surface area contributed by atoms with Gasteiger partial charge < -0.3 is 15.2 Å². The van der Waals surface area contributed by atoms with Crippen molar-refractivity contribution in [1.82, 2.24) is 15.0 Å². The number of hydrogen-bond donors (Lipinski definition) is 1. The Labute approximate surface area is 130 Å². The molecule has 0 bridgehead atoms. The maximum atomic E-state index is 12.1. The van der Waals surface area contributed by atoms with Crippen molar-refractivity contribution in [2.45, 2.75) is 50.4 Å². The van der Waals surface area contributed by atoms with E-state index >= 15 is 0 Å². The van der Waals surface area contributed by atoms with Crippen LogP contribution in [0.3, 0.4) is 0 Å². The van der Waals surface area contributed by atoms with Crippen LogP contribution in [0.4, 0.5) is 0 Å². The molecule has 2 N–H and O–H groups in total. The summed E-state index contributed by atoms with van der Waals surface area (Å²) in [5.74, 6) is 2.48. The Hall–Kier alpha value is -1.14. The van der Waals surface area contributed by atoms with Crippen molar-refractivity contribution >= 4 is 18.3 Å². The SMILES string of the molecule is Cl.NCCCC(=O)N1CCCC(c2noc(C3CC3)n2)C1. The minimum Gasteiger partial charge on any atom is -0.342 e. The van der Waals surface area contributed by atoms with Crippen molar-refractivity contribution in [3.8, 4) is 0 Å². The fourth-order valence-corrected chi connectivity index (χ4v) is 2.74. The minimum atomic E-state index is 0. The van der Waals surface area contributed by atoms with Gasteiger partial charge in [0.2, 0.25) is 11.8 Å². The molecular weight excluding hydrogens is 292 g/mol. The molecule has 2 heterocycles. The molecule has 1 aliphatic carbocycles. The normalized spacial score (nSPS) is 22.0. The Kier molecular flexibility index (Phi) is 5.58. The van der Waals surface area contributed by atoms with Crippen molar-refractivity contribution in [2.75, 3.05) is 19.6 Å². The van der Waals surface area contributed by atoms with Crippen molar-refractivity contribution in [2.24, 2.45) is 5.73 Å². The van der Waals surface area contributed by atoms with E-state index in [9.17, 15) is 4.79 Å². The molecule has 21 heavy (non-hydrogen) atoms. The molecule has 0 radical (unpaired) electrons. The number of likely N-dealkylation sites (tertiary alicyclic amines) is 1. The van der Waals surface area contributed by atoms with Gasteiger partial charge in [0.1, 0.15) is 0 Å². The molecule has 1 saturated heterocycles. The van der Waals surface area contributed by atoms with Crippen LogP contribution in [-0.2, 0) is 4.79 Å². The van der Waals surface area contributed by atoms with Crippen LogP contribution in [0.2, 0.25) is 0 Å². The van der Waals surface area contributed by atoms with E-state index in [1.165, 1.54) is 0 Å². The monoisotopic (exact) mass is 314 g/mol. The van der Waals surface area contributed by atoms with E-state index in [-0.39, 0.29) is 24.2 Å². The van der Waals surface area contributed by atoms with E-state index in [2.05, 4.69) is 10.1 Å². The zero-order chi connectivity index (χ0) is 13.9. The molecule has 7 heteroatoms. The highest BCUT2D eigenvalue weighted by molar-refractivity contribution is 5.85. The summed E-state index contributed by atoms with van der Waals surface area (Å²) in [7, 11) is 0. The Morgan fingerprint density at radius 2 is 2.14 bits per heavy atom. The molecule has 1 atom stereocenters. The van der Waals surface area contributed by atoms with Crippen molar-refractivity contribution in [3.05, 3.63) is 11.7 Å². The Balaban J connectivity index is 0.00000161. The zero-order valence-corrected chi connectivity index (χ0v) is 13.0. The van der Waals surface area contributed by atoms with Gasteiger partial charge in [-0.05, 0) is 38.6 Å². The summed E-state index contributed by atoms with van der Waals surface area (Å²) in [6, 6.07) is 0. The van der Waals surface area contributed by atoms with Gasteiger partial charge in [-0.3, -0.25) is 4.79 Å². The highest BCUT2D eigenvalue weighted by Gasteiger charge is 2.32. The molecule has 118 valence electrons. The number of carbonyl (C=O) groups is 1.